The zero-order chi connectivity index (χ0) is 10.7. The second kappa shape index (κ2) is 4.18. The molecule has 0 spiro atoms. The van der Waals surface area contributed by atoms with Crippen LogP contribution in [-0.2, 0) is 6.42 Å². The van der Waals surface area contributed by atoms with Crippen LogP contribution in [0.2, 0.25) is 0 Å². The number of aromatic nitrogens is 1. The topological polar surface area (TPSA) is 56.0 Å². The van der Waals surface area contributed by atoms with Gasteiger partial charge in [-0.05, 0) is 17.1 Å². The van der Waals surface area contributed by atoms with Crippen molar-refractivity contribution in [3.8, 4) is 0 Å². The Morgan fingerprint density at radius 3 is 2.80 bits per heavy atom. The lowest BCUT2D eigenvalue weighted by Gasteiger charge is -1.96. The van der Waals surface area contributed by atoms with Gasteiger partial charge in [0.25, 0.3) is 0 Å². The highest BCUT2D eigenvalue weighted by molar-refractivity contribution is 7.03. The molecular weight excluding hydrogens is 212 g/mol. The lowest BCUT2D eigenvalue weighted by Crippen LogP contribution is -1.94. The Bertz CT molecular complexity index is 467. The summed E-state index contributed by atoms with van der Waals surface area (Å²) in [4.78, 5) is 10.2. The molecule has 0 fully saturated rings. The van der Waals surface area contributed by atoms with Crippen LogP contribution < -0.4 is 0 Å². The molecule has 1 radical (unpaired) electrons. The van der Waals surface area contributed by atoms with Gasteiger partial charge < -0.3 is 0 Å². The van der Waals surface area contributed by atoms with Crippen molar-refractivity contribution in [1.29, 1.82) is 0 Å². The molecule has 0 N–H and O–H groups in total. The monoisotopic (exact) mass is 219 g/mol. The van der Waals surface area contributed by atoms with E-state index in [4.69, 9.17) is 0 Å². The Labute approximate surface area is 90.5 Å². The van der Waals surface area contributed by atoms with Crippen LogP contribution >= 0.6 is 11.5 Å². The molecule has 2 aromatic rings. The fourth-order valence-electron chi connectivity index (χ4n) is 1.27. The predicted octanol–water partition coefficient (Wildman–Crippen LogP) is 2.44. The summed E-state index contributed by atoms with van der Waals surface area (Å²) in [5, 5.41) is 13.2. The number of rotatable bonds is 3. The first kappa shape index (κ1) is 9.79. The van der Waals surface area contributed by atoms with Gasteiger partial charge in [0, 0.05) is 6.42 Å². The molecule has 0 amide bonds. The molecule has 0 atom stereocenters. The highest BCUT2D eigenvalue weighted by Gasteiger charge is 2.17. The average molecular weight is 219 g/mol. The van der Waals surface area contributed by atoms with Crippen molar-refractivity contribution in [3.63, 3.8) is 0 Å². The van der Waals surface area contributed by atoms with Gasteiger partial charge in [0.15, 0.2) is 5.38 Å². The zero-order valence-electron chi connectivity index (χ0n) is 7.71. The normalized spacial score (nSPS) is 10.1. The fourth-order valence-corrected chi connectivity index (χ4v) is 1.86. The molecular formula is C10H7N2O2S. The Morgan fingerprint density at radius 2 is 2.13 bits per heavy atom. The summed E-state index contributed by atoms with van der Waals surface area (Å²) in [5.41, 5.74) is 1.49. The molecule has 0 aliphatic heterocycles. The Hall–Kier alpha value is -1.75. The molecule has 1 aromatic heterocycles. The molecule has 0 aliphatic rings. The first-order valence-corrected chi connectivity index (χ1v) is 5.09. The number of benzene rings is 1. The lowest BCUT2D eigenvalue weighted by molar-refractivity contribution is -0.385. The number of nitrogens with zero attached hydrogens (tertiary/aromatic N) is 2. The van der Waals surface area contributed by atoms with Crippen LogP contribution in [0.4, 0.5) is 5.69 Å². The summed E-state index contributed by atoms with van der Waals surface area (Å²) in [5.74, 6) is 0. The Kier molecular flexibility index (Phi) is 2.73. The van der Waals surface area contributed by atoms with Gasteiger partial charge in [-0.25, -0.2) is 0 Å². The Morgan fingerprint density at radius 1 is 1.40 bits per heavy atom. The highest BCUT2D eigenvalue weighted by atomic mass is 32.1. The molecule has 1 heterocycles. The fraction of sp³-hybridized carbons (Fsp3) is 0.100. The molecule has 15 heavy (non-hydrogen) atoms. The van der Waals surface area contributed by atoms with E-state index in [9.17, 15) is 10.1 Å². The van der Waals surface area contributed by atoms with Crippen LogP contribution in [0, 0.1) is 15.5 Å². The van der Waals surface area contributed by atoms with E-state index in [0.717, 1.165) is 17.1 Å². The zero-order valence-corrected chi connectivity index (χ0v) is 8.53. The van der Waals surface area contributed by atoms with Crippen molar-refractivity contribution in [2.24, 2.45) is 0 Å². The molecule has 75 valence electrons. The highest BCUT2D eigenvalue weighted by Crippen LogP contribution is 2.21. The second-order valence-corrected chi connectivity index (χ2v) is 3.57. The first-order chi connectivity index (χ1) is 7.27. The van der Waals surface area contributed by atoms with Gasteiger partial charge >= 0.3 is 5.69 Å². The summed E-state index contributed by atoms with van der Waals surface area (Å²) < 4.78 is 3.98. The van der Waals surface area contributed by atoms with E-state index in [1.54, 1.807) is 0 Å². The summed E-state index contributed by atoms with van der Waals surface area (Å²) in [7, 11) is 0. The minimum atomic E-state index is -0.443. The van der Waals surface area contributed by atoms with Gasteiger partial charge in [-0.1, -0.05) is 30.3 Å². The summed E-state index contributed by atoms with van der Waals surface area (Å²) in [6.45, 7) is 0. The van der Waals surface area contributed by atoms with Crippen molar-refractivity contribution in [2.75, 3.05) is 0 Å². The van der Waals surface area contributed by atoms with Crippen LogP contribution in [0.15, 0.2) is 30.3 Å². The molecule has 0 bridgehead atoms. The number of nitro groups is 1. The van der Waals surface area contributed by atoms with Gasteiger partial charge in [-0.3, -0.25) is 10.1 Å². The summed E-state index contributed by atoms with van der Waals surface area (Å²) in [6.07, 6.45) is 0.483. The third-order valence-electron chi connectivity index (χ3n) is 1.97. The van der Waals surface area contributed by atoms with Crippen LogP contribution in [0.1, 0.15) is 11.3 Å². The van der Waals surface area contributed by atoms with E-state index >= 15 is 0 Å². The molecule has 1 aromatic carbocycles. The van der Waals surface area contributed by atoms with Crippen LogP contribution in [0.3, 0.4) is 0 Å². The van der Waals surface area contributed by atoms with Gasteiger partial charge in [-0.15, -0.1) is 0 Å². The molecule has 4 nitrogen and oxygen atoms in total. The standard InChI is InChI=1S/C10H7N2O2S/c13-12(14)10-7-15-11-9(10)6-8-4-2-1-3-5-8/h1-5H,6H2. The quantitative estimate of drug-likeness (QED) is 0.588. The van der Waals surface area contributed by atoms with Crippen LogP contribution in [-0.4, -0.2) is 9.30 Å². The van der Waals surface area contributed by atoms with E-state index < -0.39 is 4.92 Å². The summed E-state index contributed by atoms with van der Waals surface area (Å²) in [6, 6.07) is 9.55. The lowest BCUT2D eigenvalue weighted by atomic mass is 10.1. The van der Waals surface area contributed by atoms with E-state index in [2.05, 4.69) is 9.75 Å². The van der Waals surface area contributed by atoms with Gasteiger partial charge in [0.2, 0.25) is 0 Å². The predicted molar refractivity (Wildman–Crippen MR) is 56.9 cm³/mol. The van der Waals surface area contributed by atoms with Crippen molar-refractivity contribution in [2.45, 2.75) is 6.42 Å². The molecule has 5 heteroatoms. The first-order valence-electron chi connectivity index (χ1n) is 4.32. The van der Waals surface area contributed by atoms with Crippen LogP contribution in [0.5, 0.6) is 0 Å². The molecule has 0 aliphatic carbocycles. The van der Waals surface area contributed by atoms with Crippen LogP contribution in [0.25, 0.3) is 0 Å². The molecule has 2 rings (SSSR count). The minimum Gasteiger partial charge on any atom is -0.258 e. The third kappa shape index (κ3) is 2.19. The second-order valence-electron chi connectivity index (χ2n) is 3.00. The maximum absolute atomic E-state index is 10.6. The minimum absolute atomic E-state index is 0.0103. The van der Waals surface area contributed by atoms with Crippen molar-refractivity contribution in [1.82, 2.24) is 4.37 Å². The van der Waals surface area contributed by atoms with E-state index in [0.29, 0.717) is 12.1 Å². The third-order valence-corrected chi connectivity index (χ3v) is 2.56. The maximum Gasteiger partial charge on any atom is 0.312 e. The SMILES string of the molecule is O=[N+]([O-])c1[c]snc1Cc1ccccc1. The average Bonchev–Trinajstić information content (AvgIpc) is 2.67. The van der Waals surface area contributed by atoms with Gasteiger partial charge in [-0.2, -0.15) is 4.37 Å². The molecule has 0 saturated heterocycles. The van der Waals surface area contributed by atoms with Crippen molar-refractivity contribution >= 4 is 17.2 Å². The maximum atomic E-state index is 10.6. The van der Waals surface area contributed by atoms with Crippen molar-refractivity contribution < 1.29 is 4.92 Å². The van der Waals surface area contributed by atoms with E-state index in [1.807, 2.05) is 30.3 Å². The number of hydrogen-bond donors (Lipinski definition) is 0. The van der Waals surface area contributed by atoms with Gasteiger partial charge in [0.1, 0.15) is 5.69 Å². The number of hydrogen-bond acceptors (Lipinski definition) is 4. The molecule has 0 saturated carbocycles. The van der Waals surface area contributed by atoms with Gasteiger partial charge in [0.05, 0.1) is 4.92 Å². The summed E-state index contributed by atoms with van der Waals surface area (Å²) >= 11 is 0.997. The molecule has 0 unspecified atom stereocenters. The van der Waals surface area contributed by atoms with E-state index in [1.165, 1.54) is 0 Å². The largest absolute Gasteiger partial charge is 0.312 e. The Balaban J connectivity index is 2.25. The van der Waals surface area contributed by atoms with E-state index in [-0.39, 0.29) is 5.69 Å². The van der Waals surface area contributed by atoms with Crippen molar-refractivity contribution in [3.05, 3.63) is 57.1 Å². The smallest absolute Gasteiger partial charge is 0.258 e.